The molecule has 0 spiro atoms. The third-order valence-electron chi connectivity index (χ3n) is 5.04. The van der Waals surface area contributed by atoms with Crippen LogP contribution < -0.4 is 10.9 Å². The molecule has 0 unspecified atom stereocenters. The Labute approximate surface area is 193 Å². The van der Waals surface area contributed by atoms with Gasteiger partial charge in [-0.05, 0) is 29.3 Å². The summed E-state index contributed by atoms with van der Waals surface area (Å²) >= 11 is 7.55. The van der Waals surface area contributed by atoms with Gasteiger partial charge in [0.15, 0.2) is 5.65 Å². The average molecular weight is 463 g/mol. The number of benzene rings is 1. The summed E-state index contributed by atoms with van der Waals surface area (Å²) in [7, 11) is 0. The lowest BCUT2D eigenvalue weighted by Gasteiger charge is -2.07. The molecule has 0 aliphatic rings. The van der Waals surface area contributed by atoms with Gasteiger partial charge in [0.2, 0.25) is 0 Å². The molecule has 0 saturated heterocycles. The first-order valence-corrected chi connectivity index (χ1v) is 11.2. The molecule has 0 bridgehead atoms. The highest BCUT2D eigenvalue weighted by molar-refractivity contribution is 7.16. The van der Waals surface area contributed by atoms with E-state index in [1.165, 1.54) is 6.33 Å². The van der Waals surface area contributed by atoms with Crippen molar-refractivity contribution >= 4 is 39.8 Å². The molecular weight excluding hydrogens is 444 g/mol. The first-order valence-electron chi connectivity index (χ1n) is 10.0. The summed E-state index contributed by atoms with van der Waals surface area (Å²) in [6, 6.07) is 17.3. The van der Waals surface area contributed by atoms with E-state index in [9.17, 15) is 4.79 Å². The normalized spacial score (nSPS) is 11.2. The lowest BCUT2D eigenvalue weighted by Crippen LogP contribution is -2.18. The minimum absolute atomic E-state index is 0.00694. The number of thiophene rings is 1. The molecule has 9 heteroatoms. The summed E-state index contributed by atoms with van der Waals surface area (Å²) in [6.45, 7) is 1.80. The van der Waals surface area contributed by atoms with Crippen molar-refractivity contribution < 1.29 is 0 Å². The molecule has 1 N–H and O–H groups in total. The first kappa shape index (κ1) is 20.4. The van der Waals surface area contributed by atoms with E-state index in [2.05, 4.69) is 32.5 Å². The van der Waals surface area contributed by atoms with Crippen molar-refractivity contribution in [3.8, 4) is 0 Å². The Morgan fingerprint density at radius 2 is 1.78 bits per heavy atom. The van der Waals surface area contributed by atoms with Crippen molar-refractivity contribution in [3.63, 3.8) is 0 Å². The molecular formula is C23H19ClN6OS. The molecule has 4 aromatic heterocycles. The molecule has 0 aliphatic carbocycles. The van der Waals surface area contributed by atoms with E-state index < -0.39 is 0 Å². The lowest BCUT2D eigenvalue weighted by atomic mass is 10.1. The number of pyridine rings is 1. The van der Waals surface area contributed by atoms with Crippen molar-refractivity contribution in [2.24, 2.45) is 0 Å². The van der Waals surface area contributed by atoms with Crippen LogP contribution in [0.1, 0.15) is 16.0 Å². The fraction of sp³-hybridized carbons (Fsp3) is 0.130. The number of halogens is 1. The van der Waals surface area contributed by atoms with Crippen LogP contribution in [-0.4, -0.2) is 24.3 Å². The van der Waals surface area contributed by atoms with E-state index in [-0.39, 0.29) is 5.56 Å². The fourth-order valence-electron chi connectivity index (χ4n) is 3.45. The molecule has 0 aliphatic heterocycles. The van der Waals surface area contributed by atoms with Crippen molar-refractivity contribution in [3.05, 3.63) is 104 Å². The third kappa shape index (κ3) is 4.56. The number of hydrogen-bond acceptors (Lipinski definition) is 6. The standard InChI is InChI=1S/C23H19ClN6OS/c24-20-9-8-18(32-20)11-25-22-19-14-30(28-23(19)27-15-26-22)13-17-6-4-16(5-7-17)12-29-10-2-1-3-21(29)31/h1-10,14-15H,11-13H2,(H,25,26,27,28). The second-order valence-electron chi connectivity index (χ2n) is 7.33. The largest absolute Gasteiger partial charge is 0.364 e. The highest BCUT2D eigenvalue weighted by Gasteiger charge is 2.09. The molecule has 5 rings (SSSR count). The highest BCUT2D eigenvalue weighted by Crippen LogP contribution is 2.24. The predicted octanol–water partition coefficient (Wildman–Crippen LogP) is 4.41. The molecule has 4 heterocycles. The Balaban J connectivity index is 1.30. The number of fused-ring (bicyclic) bond motifs is 1. The van der Waals surface area contributed by atoms with E-state index in [1.807, 2.05) is 41.2 Å². The van der Waals surface area contributed by atoms with E-state index in [4.69, 9.17) is 11.6 Å². The zero-order valence-corrected chi connectivity index (χ0v) is 18.6. The van der Waals surface area contributed by atoms with Gasteiger partial charge in [0.05, 0.1) is 29.4 Å². The maximum Gasteiger partial charge on any atom is 0.250 e. The van der Waals surface area contributed by atoms with Crippen LogP contribution in [0.5, 0.6) is 0 Å². The van der Waals surface area contributed by atoms with Gasteiger partial charge in [0.1, 0.15) is 12.1 Å². The molecule has 0 atom stereocenters. The zero-order valence-electron chi connectivity index (χ0n) is 17.0. The molecule has 0 radical (unpaired) electrons. The summed E-state index contributed by atoms with van der Waals surface area (Å²) in [5, 5.41) is 8.81. The smallest absolute Gasteiger partial charge is 0.250 e. The Morgan fingerprint density at radius 1 is 0.969 bits per heavy atom. The van der Waals surface area contributed by atoms with Gasteiger partial charge in [0.25, 0.3) is 5.56 Å². The number of nitrogens with one attached hydrogen (secondary N) is 1. The Bertz CT molecular complexity index is 1420. The second-order valence-corrected chi connectivity index (χ2v) is 9.13. The zero-order chi connectivity index (χ0) is 21.9. The van der Waals surface area contributed by atoms with E-state index >= 15 is 0 Å². The van der Waals surface area contributed by atoms with Gasteiger partial charge in [0, 0.05) is 23.3 Å². The van der Waals surface area contributed by atoms with Crippen molar-refractivity contribution in [1.82, 2.24) is 24.3 Å². The first-order chi connectivity index (χ1) is 15.6. The van der Waals surface area contributed by atoms with Gasteiger partial charge in [-0.2, -0.15) is 5.10 Å². The summed E-state index contributed by atoms with van der Waals surface area (Å²) < 4.78 is 4.32. The van der Waals surface area contributed by atoms with Crippen LogP contribution in [0.15, 0.2) is 78.1 Å². The summed E-state index contributed by atoms with van der Waals surface area (Å²) in [6.07, 6.45) is 5.27. The highest BCUT2D eigenvalue weighted by atomic mass is 35.5. The van der Waals surface area contributed by atoms with Gasteiger partial charge in [-0.15, -0.1) is 11.3 Å². The molecule has 7 nitrogen and oxygen atoms in total. The van der Waals surface area contributed by atoms with Crippen LogP contribution >= 0.6 is 22.9 Å². The van der Waals surface area contributed by atoms with Crippen LogP contribution in [0.2, 0.25) is 4.34 Å². The van der Waals surface area contributed by atoms with E-state index in [0.717, 1.165) is 31.5 Å². The van der Waals surface area contributed by atoms with Gasteiger partial charge in [-0.1, -0.05) is 41.9 Å². The fourth-order valence-corrected chi connectivity index (χ4v) is 4.48. The average Bonchev–Trinajstić information content (AvgIpc) is 3.41. The van der Waals surface area contributed by atoms with Crippen LogP contribution in [0, 0.1) is 0 Å². The number of rotatable bonds is 7. The van der Waals surface area contributed by atoms with Crippen LogP contribution in [0.4, 0.5) is 5.82 Å². The Morgan fingerprint density at radius 3 is 2.53 bits per heavy atom. The number of anilines is 1. The maximum atomic E-state index is 11.9. The predicted molar refractivity (Wildman–Crippen MR) is 127 cm³/mol. The molecule has 0 amide bonds. The van der Waals surface area contributed by atoms with Crippen molar-refractivity contribution in [2.45, 2.75) is 19.6 Å². The van der Waals surface area contributed by atoms with Crippen molar-refractivity contribution in [1.29, 1.82) is 0 Å². The summed E-state index contributed by atoms with van der Waals surface area (Å²) in [4.78, 5) is 21.7. The minimum atomic E-state index is -0.00694. The number of aromatic nitrogens is 5. The maximum absolute atomic E-state index is 11.9. The van der Waals surface area contributed by atoms with Gasteiger partial charge >= 0.3 is 0 Å². The number of hydrogen-bond donors (Lipinski definition) is 1. The Hall–Kier alpha value is -3.49. The molecule has 5 aromatic rings. The Kier molecular flexibility index (Phi) is 5.70. The van der Waals surface area contributed by atoms with Gasteiger partial charge in [-0.3, -0.25) is 9.48 Å². The molecule has 0 fully saturated rings. The van der Waals surface area contributed by atoms with Crippen LogP contribution in [0.25, 0.3) is 11.0 Å². The quantitative estimate of drug-likeness (QED) is 0.387. The molecule has 0 saturated carbocycles. The number of nitrogens with zero attached hydrogens (tertiary/aromatic N) is 5. The molecule has 32 heavy (non-hydrogen) atoms. The molecule has 160 valence electrons. The van der Waals surface area contributed by atoms with Crippen LogP contribution in [-0.2, 0) is 19.6 Å². The van der Waals surface area contributed by atoms with Crippen LogP contribution in [0.3, 0.4) is 0 Å². The molecule has 1 aromatic carbocycles. The lowest BCUT2D eigenvalue weighted by molar-refractivity contribution is 0.692. The topological polar surface area (TPSA) is 77.6 Å². The van der Waals surface area contributed by atoms with Gasteiger partial charge < -0.3 is 9.88 Å². The minimum Gasteiger partial charge on any atom is -0.364 e. The monoisotopic (exact) mass is 462 g/mol. The van der Waals surface area contributed by atoms with Gasteiger partial charge in [-0.25, -0.2) is 9.97 Å². The van der Waals surface area contributed by atoms with E-state index in [1.54, 1.807) is 34.2 Å². The van der Waals surface area contributed by atoms with Crippen molar-refractivity contribution in [2.75, 3.05) is 5.32 Å². The summed E-state index contributed by atoms with van der Waals surface area (Å²) in [5.41, 5.74) is 2.82. The van der Waals surface area contributed by atoms with E-state index in [0.29, 0.717) is 25.3 Å². The SMILES string of the molecule is O=c1ccccn1Cc1ccc(Cn2cc3c(NCc4ccc(Cl)s4)ncnc3n2)cc1. The third-order valence-corrected chi connectivity index (χ3v) is 6.27. The second kappa shape index (κ2) is 8.94. The summed E-state index contributed by atoms with van der Waals surface area (Å²) in [5.74, 6) is 0.745.